The summed E-state index contributed by atoms with van der Waals surface area (Å²) in [5.41, 5.74) is -0.378. The Kier molecular flexibility index (Phi) is 5.20. The molecule has 1 aromatic heterocycles. The molecule has 1 unspecified atom stereocenters. The van der Waals surface area contributed by atoms with Crippen LogP contribution in [0.4, 0.5) is 5.69 Å². The molecule has 7 nitrogen and oxygen atoms in total. The van der Waals surface area contributed by atoms with Gasteiger partial charge in [0.15, 0.2) is 4.34 Å². The zero-order valence-corrected chi connectivity index (χ0v) is 13.8. The van der Waals surface area contributed by atoms with Crippen molar-refractivity contribution in [2.45, 2.75) is 29.5 Å². The van der Waals surface area contributed by atoms with Crippen molar-refractivity contribution in [3.63, 3.8) is 0 Å². The molecule has 0 radical (unpaired) electrons. The first-order valence-corrected chi connectivity index (χ1v) is 9.12. The van der Waals surface area contributed by atoms with Gasteiger partial charge in [0.1, 0.15) is 4.21 Å². The van der Waals surface area contributed by atoms with Crippen LogP contribution in [0, 0.1) is 10.1 Å². The lowest BCUT2D eigenvalue weighted by molar-refractivity contribution is -0.384. The Morgan fingerprint density at radius 1 is 1.57 bits per heavy atom. The van der Waals surface area contributed by atoms with Crippen LogP contribution in [0.2, 0.25) is 4.34 Å². The van der Waals surface area contributed by atoms with Gasteiger partial charge in [0.05, 0.1) is 4.92 Å². The van der Waals surface area contributed by atoms with Crippen molar-refractivity contribution < 1.29 is 13.3 Å². The third-order valence-electron chi connectivity index (χ3n) is 3.54. The summed E-state index contributed by atoms with van der Waals surface area (Å²) in [7, 11) is -1.80. The second-order valence-electron chi connectivity index (χ2n) is 4.96. The van der Waals surface area contributed by atoms with Crippen molar-refractivity contribution in [1.82, 2.24) is 9.62 Å². The summed E-state index contributed by atoms with van der Waals surface area (Å²) in [5.74, 6) is 0. The zero-order valence-electron chi connectivity index (χ0n) is 11.4. The number of nitrogens with one attached hydrogen (secondary N) is 1. The molecule has 21 heavy (non-hydrogen) atoms. The highest BCUT2D eigenvalue weighted by Gasteiger charge is 2.27. The van der Waals surface area contributed by atoms with Gasteiger partial charge in [-0.25, -0.2) is 13.1 Å². The maximum Gasteiger partial charge on any atom is 0.300 e. The minimum Gasteiger partial charge on any atom is -0.302 e. The van der Waals surface area contributed by atoms with Gasteiger partial charge in [-0.05, 0) is 26.4 Å². The number of nitrogens with zero attached hydrogens (tertiary/aromatic N) is 2. The second-order valence-corrected chi connectivity index (χ2v) is 8.61. The van der Waals surface area contributed by atoms with E-state index in [-0.39, 0.29) is 20.3 Å². The highest BCUT2D eigenvalue weighted by molar-refractivity contribution is 7.91. The minimum absolute atomic E-state index is 0.127. The monoisotopic (exact) mass is 353 g/mol. The lowest BCUT2D eigenvalue weighted by atomic mass is 10.0. The van der Waals surface area contributed by atoms with Crippen LogP contribution < -0.4 is 4.72 Å². The van der Waals surface area contributed by atoms with Crippen molar-refractivity contribution in [3.8, 4) is 0 Å². The van der Waals surface area contributed by atoms with Crippen LogP contribution in [-0.4, -0.2) is 44.4 Å². The fraction of sp³-hybridized carbons (Fsp3) is 0.636. The van der Waals surface area contributed by atoms with Gasteiger partial charge < -0.3 is 4.90 Å². The molecule has 2 rings (SSSR count). The number of piperidine rings is 1. The normalized spacial score (nSPS) is 20.6. The average Bonchev–Trinajstić information content (AvgIpc) is 2.81. The molecule has 1 aliphatic rings. The molecule has 0 amide bonds. The number of rotatable bonds is 5. The van der Waals surface area contributed by atoms with Gasteiger partial charge >= 0.3 is 0 Å². The summed E-state index contributed by atoms with van der Waals surface area (Å²) < 4.78 is 26.6. The van der Waals surface area contributed by atoms with E-state index < -0.39 is 14.9 Å². The minimum atomic E-state index is -3.77. The number of hydrogen-bond acceptors (Lipinski definition) is 6. The molecule has 1 saturated heterocycles. The molecule has 0 aliphatic carbocycles. The number of hydrogen-bond donors (Lipinski definition) is 1. The molecule has 10 heteroatoms. The predicted molar refractivity (Wildman–Crippen MR) is 81.4 cm³/mol. The van der Waals surface area contributed by atoms with Gasteiger partial charge in [-0.2, -0.15) is 0 Å². The lowest BCUT2D eigenvalue weighted by Crippen LogP contribution is -2.44. The number of likely N-dealkylation sites (tertiary alicyclic amines) is 1. The summed E-state index contributed by atoms with van der Waals surface area (Å²) in [6.07, 6.45) is 3.13. The molecular weight excluding hydrogens is 338 g/mol. The largest absolute Gasteiger partial charge is 0.302 e. The first-order valence-electron chi connectivity index (χ1n) is 6.45. The van der Waals surface area contributed by atoms with Gasteiger partial charge in [-0.1, -0.05) is 18.0 Å². The van der Waals surface area contributed by atoms with E-state index in [1.807, 2.05) is 7.05 Å². The molecule has 1 fully saturated rings. The van der Waals surface area contributed by atoms with Crippen molar-refractivity contribution in [1.29, 1.82) is 0 Å². The number of sulfonamides is 1. The van der Waals surface area contributed by atoms with E-state index in [1.54, 1.807) is 0 Å². The third kappa shape index (κ3) is 3.92. The van der Waals surface area contributed by atoms with Gasteiger partial charge in [-0.15, -0.1) is 11.3 Å². The number of nitro groups is 1. The van der Waals surface area contributed by atoms with Crippen LogP contribution >= 0.6 is 22.9 Å². The second kappa shape index (κ2) is 6.57. The van der Waals surface area contributed by atoms with Crippen LogP contribution in [-0.2, 0) is 10.0 Å². The van der Waals surface area contributed by atoms with Crippen LogP contribution in [0.15, 0.2) is 10.3 Å². The van der Waals surface area contributed by atoms with E-state index >= 15 is 0 Å². The summed E-state index contributed by atoms with van der Waals surface area (Å²) in [6.45, 7) is 1.24. The molecule has 1 aromatic rings. The van der Waals surface area contributed by atoms with Crippen molar-refractivity contribution in [2.75, 3.05) is 20.1 Å². The highest BCUT2D eigenvalue weighted by Crippen LogP contribution is 2.36. The van der Waals surface area contributed by atoms with Crippen LogP contribution in [0.3, 0.4) is 0 Å². The molecule has 1 atom stereocenters. The molecule has 0 spiro atoms. The van der Waals surface area contributed by atoms with E-state index in [0.717, 1.165) is 31.9 Å². The number of likely N-dealkylation sites (N-methyl/N-ethyl adjacent to an activating group) is 1. The molecule has 0 bridgehead atoms. The molecule has 0 saturated carbocycles. The van der Waals surface area contributed by atoms with E-state index in [1.165, 1.54) is 0 Å². The Morgan fingerprint density at radius 3 is 2.86 bits per heavy atom. The topological polar surface area (TPSA) is 92.6 Å². The Morgan fingerprint density at radius 2 is 2.29 bits per heavy atom. The van der Waals surface area contributed by atoms with Gasteiger partial charge in [-0.3, -0.25) is 10.1 Å². The fourth-order valence-corrected chi connectivity index (χ4v) is 5.06. The third-order valence-corrected chi connectivity index (χ3v) is 6.77. The van der Waals surface area contributed by atoms with E-state index in [4.69, 9.17) is 11.6 Å². The standard InChI is InChI=1S/C11H16ClN3O4S2/c1-14-5-3-2-4-8(14)7-13-21(18,19)10-6-9(15(16)17)11(12)20-10/h6,8,13H,2-5,7H2,1H3. The summed E-state index contributed by atoms with van der Waals surface area (Å²) in [6, 6.07) is 1.15. The Hall–Kier alpha value is -0.740. The van der Waals surface area contributed by atoms with Crippen LogP contribution in [0.1, 0.15) is 19.3 Å². The van der Waals surface area contributed by atoms with Crippen LogP contribution in [0.5, 0.6) is 0 Å². The van der Waals surface area contributed by atoms with Gasteiger partial charge in [0.2, 0.25) is 10.0 Å². The lowest BCUT2D eigenvalue weighted by Gasteiger charge is -2.32. The number of halogens is 1. The van der Waals surface area contributed by atoms with Gasteiger partial charge in [0, 0.05) is 18.7 Å². The maximum absolute atomic E-state index is 12.2. The Labute approximate surface area is 132 Å². The summed E-state index contributed by atoms with van der Waals surface area (Å²) in [4.78, 5) is 12.1. The summed E-state index contributed by atoms with van der Waals surface area (Å²) in [5, 5.41) is 10.7. The van der Waals surface area contributed by atoms with Crippen molar-refractivity contribution >= 4 is 38.6 Å². The average molecular weight is 354 g/mol. The molecule has 1 N–H and O–H groups in total. The van der Waals surface area contributed by atoms with E-state index in [9.17, 15) is 18.5 Å². The summed E-state index contributed by atoms with van der Waals surface area (Å²) >= 11 is 6.39. The van der Waals surface area contributed by atoms with E-state index in [2.05, 4.69) is 9.62 Å². The molecular formula is C11H16ClN3O4S2. The molecule has 0 aromatic carbocycles. The maximum atomic E-state index is 12.2. The smallest absolute Gasteiger partial charge is 0.300 e. The fourth-order valence-electron chi connectivity index (χ4n) is 2.27. The SMILES string of the molecule is CN1CCCCC1CNS(=O)(=O)c1cc([N+](=O)[O-])c(Cl)s1. The quantitative estimate of drug-likeness (QED) is 0.646. The van der Waals surface area contributed by atoms with Crippen molar-refractivity contribution in [3.05, 3.63) is 20.5 Å². The van der Waals surface area contributed by atoms with E-state index in [0.29, 0.717) is 17.9 Å². The molecule has 2 heterocycles. The van der Waals surface area contributed by atoms with Crippen LogP contribution in [0.25, 0.3) is 0 Å². The van der Waals surface area contributed by atoms with Gasteiger partial charge in [0.25, 0.3) is 5.69 Å². The zero-order chi connectivity index (χ0) is 15.6. The Balaban J connectivity index is 2.08. The molecule has 1 aliphatic heterocycles. The number of thiophene rings is 1. The first kappa shape index (κ1) is 16.6. The first-order chi connectivity index (χ1) is 9.81. The molecule has 118 valence electrons. The Bertz CT molecular complexity index is 631. The van der Waals surface area contributed by atoms with Crippen molar-refractivity contribution in [2.24, 2.45) is 0 Å². The highest BCUT2D eigenvalue weighted by atomic mass is 35.5. The predicted octanol–water partition coefficient (Wildman–Crippen LogP) is 2.07.